The van der Waals surface area contributed by atoms with Gasteiger partial charge in [0.15, 0.2) is 11.6 Å². The summed E-state index contributed by atoms with van der Waals surface area (Å²) in [6, 6.07) is 9.56. The Labute approximate surface area is 204 Å². The smallest absolute Gasteiger partial charge is 0.323 e. The average Bonchev–Trinajstić information content (AvgIpc) is 2.80. The van der Waals surface area contributed by atoms with E-state index >= 15 is 0 Å². The third-order valence-electron chi connectivity index (χ3n) is 5.08. The summed E-state index contributed by atoms with van der Waals surface area (Å²) in [6.07, 6.45) is 1.45. The molecule has 3 aromatic rings. The van der Waals surface area contributed by atoms with Crippen LogP contribution in [0.1, 0.15) is 12.5 Å². The highest BCUT2D eigenvalue weighted by molar-refractivity contribution is 9.10. The zero-order valence-corrected chi connectivity index (χ0v) is 20.5. The van der Waals surface area contributed by atoms with E-state index in [-0.39, 0.29) is 34.7 Å². The minimum atomic E-state index is -4.06. The summed E-state index contributed by atoms with van der Waals surface area (Å²) in [4.78, 5) is 17.6. The molecule has 0 spiro atoms. The zero-order chi connectivity index (χ0) is 24.5. The predicted molar refractivity (Wildman–Crippen MR) is 127 cm³/mol. The fourth-order valence-corrected chi connectivity index (χ4v) is 5.12. The van der Waals surface area contributed by atoms with E-state index in [1.165, 1.54) is 37.6 Å². The standard InChI is InChI=1S/C22H20BrFN4O5S/c1-3-28-12-15-17(8-9-25-21(15)26-22(28)29)33-18-7-5-14(11-16(18)24)27-34(30,31)20-10-13(23)4-6-19(20)32-2/h4-11,27H,3,12H2,1-2H3,(H,25,26,29). The molecule has 4 rings (SSSR count). The number of hydrogen-bond acceptors (Lipinski definition) is 6. The van der Waals surface area contributed by atoms with Gasteiger partial charge in [0.05, 0.1) is 24.9 Å². The summed E-state index contributed by atoms with van der Waals surface area (Å²) in [5, 5.41) is 2.68. The van der Waals surface area contributed by atoms with Crippen LogP contribution < -0.4 is 19.5 Å². The number of benzene rings is 2. The van der Waals surface area contributed by atoms with Crippen molar-refractivity contribution >= 4 is 43.5 Å². The van der Waals surface area contributed by atoms with Crippen LogP contribution in [0, 0.1) is 5.82 Å². The summed E-state index contributed by atoms with van der Waals surface area (Å²) < 4.78 is 54.4. The molecule has 2 N–H and O–H groups in total. The molecule has 0 aliphatic carbocycles. The monoisotopic (exact) mass is 550 g/mol. The molecule has 2 aromatic carbocycles. The number of nitrogens with one attached hydrogen (secondary N) is 2. The second-order valence-corrected chi connectivity index (χ2v) is 9.80. The van der Waals surface area contributed by atoms with Crippen LogP contribution in [0.2, 0.25) is 0 Å². The topological polar surface area (TPSA) is 110 Å². The molecule has 0 radical (unpaired) electrons. The minimum Gasteiger partial charge on any atom is -0.495 e. The molecular weight excluding hydrogens is 531 g/mol. The summed E-state index contributed by atoms with van der Waals surface area (Å²) >= 11 is 3.24. The number of hydrogen-bond donors (Lipinski definition) is 2. The number of nitrogens with zero attached hydrogens (tertiary/aromatic N) is 2. The molecule has 2 heterocycles. The van der Waals surface area contributed by atoms with Crippen molar-refractivity contribution in [1.29, 1.82) is 0 Å². The quantitative estimate of drug-likeness (QED) is 0.430. The number of aromatic nitrogens is 1. The van der Waals surface area contributed by atoms with Gasteiger partial charge in [0.2, 0.25) is 0 Å². The largest absolute Gasteiger partial charge is 0.495 e. The summed E-state index contributed by atoms with van der Waals surface area (Å²) in [7, 11) is -2.70. The number of fused-ring (bicyclic) bond motifs is 1. The Morgan fingerprint density at radius 2 is 1.94 bits per heavy atom. The van der Waals surface area contributed by atoms with E-state index in [4.69, 9.17) is 9.47 Å². The van der Waals surface area contributed by atoms with E-state index in [1.54, 1.807) is 17.0 Å². The van der Waals surface area contributed by atoms with Gasteiger partial charge < -0.3 is 14.4 Å². The lowest BCUT2D eigenvalue weighted by Crippen LogP contribution is -2.38. The highest BCUT2D eigenvalue weighted by Gasteiger charge is 2.26. The third-order valence-corrected chi connectivity index (χ3v) is 6.97. The first-order valence-electron chi connectivity index (χ1n) is 10.1. The molecule has 0 atom stereocenters. The van der Waals surface area contributed by atoms with Gasteiger partial charge in [-0.3, -0.25) is 10.0 Å². The fraction of sp³-hybridized carbons (Fsp3) is 0.182. The number of halogens is 2. The molecule has 1 aliphatic heterocycles. The van der Waals surface area contributed by atoms with Gasteiger partial charge in [0, 0.05) is 23.3 Å². The van der Waals surface area contributed by atoms with Gasteiger partial charge in [-0.25, -0.2) is 22.6 Å². The van der Waals surface area contributed by atoms with Crippen molar-refractivity contribution in [1.82, 2.24) is 9.88 Å². The summed E-state index contributed by atoms with van der Waals surface area (Å²) in [5.41, 5.74) is 0.614. The highest BCUT2D eigenvalue weighted by Crippen LogP contribution is 2.35. The van der Waals surface area contributed by atoms with E-state index in [2.05, 4.69) is 31.0 Å². The molecule has 9 nitrogen and oxygen atoms in total. The van der Waals surface area contributed by atoms with Crippen LogP contribution in [0.4, 0.5) is 20.7 Å². The van der Waals surface area contributed by atoms with Gasteiger partial charge in [0.25, 0.3) is 10.0 Å². The number of ether oxygens (including phenoxy) is 2. The van der Waals surface area contributed by atoms with Crippen molar-refractivity contribution in [3.63, 3.8) is 0 Å². The lowest BCUT2D eigenvalue weighted by molar-refractivity contribution is 0.209. The minimum absolute atomic E-state index is 0.00746. The Morgan fingerprint density at radius 3 is 2.65 bits per heavy atom. The number of urea groups is 1. The van der Waals surface area contributed by atoms with Gasteiger partial charge in [-0.2, -0.15) is 0 Å². The van der Waals surface area contributed by atoms with Crippen molar-refractivity contribution in [3.05, 3.63) is 64.5 Å². The molecule has 178 valence electrons. The first-order chi connectivity index (χ1) is 16.2. The molecule has 0 saturated carbocycles. The van der Waals surface area contributed by atoms with Crippen molar-refractivity contribution in [2.75, 3.05) is 23.7 Å². The first kappa shape index (κ1) is 23.8. The third kappa shape index (κ3) is 4.77. The van der Waals surface area contributed by atoms with Gasteiger partial charge in [-0.1, -0.05) is 15.9 Å². The van der Waals surface area contributed by atoms with Gasteiger partial charge in [-0.15, -0.1) is 0 Å². The van der Waals surface area contributed by atoms with Crippen molar-refractivity contribution in [3.8, 4) is 17.2 Å². The molecule has 1 aliphatic rings. The second kappa shape index (κ2) is 9.47. The maximum absolute atomic E-state index is 14.9. The lowest BCUT2D eigenvalue weighted by atomic mass is 10.2. The second-order valence-electron chi connectivity index (χ2n) is 7.23. The van der Waals surface area contributed by atoms with E-state index in [0.717, 1.165) is 6.07 Å². The number of rotatable bonds is 7. The number of pyridine rings is 1. The molecular formula is C22H20BrFN4O5S. The molecule has 2 amide bonds. The molecule has 0 unspecified atom stereocenters. The number of anilines is 2. The van der Waals surface area contributed by atoms with Crippen LogP contribution in [0.3, 0.4) is 0 Å². The van der Waals surface area contributed by atoms with Crippen LogP contribution in [-0.2, 0) is 16.6 Å². The molecule has 1 aromatic heterocycles. The van der Waals surface area contributed by atoms with Crippen LogP contribution >= 0.6 is 15.9 Å². The normalized spacial score (nSPS) is 13.2. The van der Waals surface area contributed by atoms with E-state index in [0.29, 0.717) is 28.1 Å². The van der Waals surface area contributed by atoms with Crippen LogP contribution in [0.15, 0.2) is 58.0 Å². The molecule has 0 fully saturated rings. The number of carbonyl (C=O) groups excluding carboxylic acids is 1. The Hall–Kier alpha value is -3.38. The van der Waals surface area contributed by atoms with Crippen LogP contribution in [0.25, 0.3) is 0 Å². The maximum Gasteiger partial charge on any atom is 0.323 e. The Morgan fingerprint density at radius 1 is 1.18 bits per heavy atom. The number of methoxy groups -OCH3 is 1. The fourth-order valence-electron chi connectivity index (χ4n) is 3.37. The number of amides is 2. The molecule has 0 saturated heterocycles. The van der Waals surface area contributed by atoms with E-state index in [9.17, 15) is 17.6 Å². The summed E-state index contributed by atoms with van der Waals surface area (Å²) in [6.45, 7) is 2.57. The highest BCUT2D eigenvalue weighted by atomic mass is 79.9. The Bertz CT molecular complexity index is 1370. The van der Waals surface area contributed by atoms with Crippen LogP contribution in [-0.4, -0.2) is 38.0 Å². The van der Waals surface area contributed by atoms with Crippen molar-refractivity contribution in [2.24, 2.45) is 0 Å². The summed E-state index contributed by atoms with van der Waals surface area (Å²) in [5.74, 6) is -0.0724. The van der Waals surface area contributed by atoms with E-state index < -0.39 is 15.8 Å². The SMILES string of the molecule is CCN1Cc2c(Oc3ccc(NS(=O)(=O)c4cc(Br)ccc4OC)cc3F)ccnc2NC1=O. The lowest BCUT2D eigenvalue weighted by Gasteiger charge is -2.28. The van der Waals surface area contributed by atoms with Crippen LogP contribution in [0.5, 0.6) is 17.2 Å². The van der Waals surface area contributed by atoms with Crippen molar-refractivity contribution < 1.29 is 27.1 Å². The molecule has 0 bridgehead atoms. The Kier molecular flexibility index (Phi) is 6.62. The molecule has 12 heteroatoms. The van der Waals surface area contributed by atoms with Gasteiger partial charge >= 0.3 is 6.03 Å². The Balaban J connectivity index is 1.58. The maximum atomic E-state index is 14.9. The molecule has 34 heavy (non-hydrogen) atoms. The zero-order valence-electron chi connectivity index (χ0n) is 18.1. The average molecular weight is 551 g/mol. The predicted octanol–water partition coefficient (Wildman–Crippen LogP) is 4.95. The number of carbonyl (C=O) groups is 1. The number of sulfonamides is 1. The van der Waals surface area contributed by atoms with Gasteiger partial charge in [-0.05, 0) is 43.3 Å². The van der Waals surface area contributed by atoms with Gasteiger partial charge in [0.1, 0.15) is 22.2 Å². The van der Waals surface area contributed by atoms with Crippen molar-refractivity contribution in [2.45, 2.75) is 18.4 Å². The first-order valence-corrected chi connectivity index (χ1v) is 12.4. The van der Waals surface area contributed by atoms with E-state index in [1.807, 2.05) is 6.92 Å².